The Kier molecular flexibility index (Phi) is 5.46. The summed E-state index contributed by atoms with van der Waals surface area (Å²) in [5.41, 5.74) is 6.36. The molecule has 17 heavy (non-hydrogen) atoms. The molecule has 0 radical (unpaired) electrons. The lowest BCUT2D eigenvalue weighted by Crippen LogP contribution is -2.44. The normalized spacial score (nSPS) is 16.2. The largest absolute Gasteiger partial charge is 0.368 e. The maximum atomic E-state index is 11.4. The van der Waals surface area contributed by atoms with Crippen LogP contribution in [0.15, 0.2) is 23.8 Å². The summed E-state index contributed by atoms with van der Waals surface area (Å²) in [6.07, 6.45) is 9.85. The monoisotopic (exact) mass is 236 g/mol. The van der Waals surface area contributed by atoms with Crippen LogP contribution in [0.5, 0.6) is 0 Å². The quantitative estimate of drug-likeness (QED) is 0.732. The van der Waals surface area contributed by atoms with Crippen LogP contribution in [0.25, 0.3) is 0 Å². The van der Waals surface area contributed by atoms with E-state index >= 15 is 0 Å². The van der Waals surface area contributed by atoms with Gasteiger partial charge in [-0.15, -0.1) is 0 Å². The second-order valence-corrected chi connectivity index (χ2v) is 4.24. The predicted octanol–water partition coefficient (Wildman–Crippen LogP) is 1.42. The smallest absolute Gasteiger partial charge is 0.240 e. The Hall–Kier alpha value is -1.58. The van der Waals surface area contributed by atoms with E-state index in [9.17, 15) is 9.59 Å². The molecule has 0 heterocycles. The Morgan fingerprint density at radius 1 is 1.47 bits per heavy atom. The first-order chi connectivity index (χ1) is 8.13. The molecule has 0 saturated heterocycles. The van der Waals surface area contributed by atoms with Crippen molar-refractivity contribution in [3.8, 4) is 0 Å². The Bertz CT molecular complexity index is 345. The van der Waals surface area contributed by atoms with Crippen LogP contribution in [0.2, 0.25) is 0 Å². The minimum Gasteiger partial charge on any atom is -0.368 e. The zero-order valence-corrected chi connectivity index (χ0v) is 10.2. The number of rotatable bonds is 6. The molecule has 4 nitrogen and oxygen atoms in total. The molecule has 0 saturated carbocycles. The third-order valence-electron chi connectivity index (χ3n) is 2.67. The summed E-state index contributed by atoms with van der Waals surface area (Å²) in [4.78, 5) is 22.7. The maximum Gasteiger partial charge on any atom is 0.240 e. The van der Waals surface area contributed by atoms with Gasteiger partial charge in [0.05, 0.1) is 0 Å². The van der Waals surface area contributed by atoms with Crippen LogP contribution in [0.4, 0.5) is 0 Å². The van der Waals surface area contributed by atoms with Gasteiger partial charge in [0.1, 0.15) is 6.04 Å². The van der Waals surface area contributed by atoms with Gasteiger partial charge >= 0.3 is 0 Å². The number of primary amides is 1. The van der Waals surface area contributed by atoms with E-state index in [0.29, 0.717) is 12.8 Å². The number of nitrogens with one attached hydrogen (secondary N) is 1. The number of carbonyl (C=O) groups excluding carboxylic acids is 2. The fourth-order valence-corrected chi connectivity index (χ4v) is 1.77. The lowest BCUT2D eigenvalue weighted by Gasteiger charge is -2.17. The predicted molar refractivity (Wildman–Crippen MR) is 67.1 cm³/mol. The summed E-state index contributed by atoms with van der Waals surface area (Å²) in [5, 5.41) is 2.68. The van der Waals surface area contributed by atoms with Crippen molar-refractivity contribution < 1.29 is 9.59 Å². The molecule has 1 atom stereocenters. The van der Waals surface area contributed by atoms with Gasteiger partial charge < -0.3 is 11.1 Å². The minimum atomic E-state index is -0.594. The van der Waals surface area contributed by atoms with Crippen molar-refractivity contribution in [2.24, 2.45) is 5.73 Å². The summed E-state index contributed by atoms with van der Waals surface area (Å²) in [5.74, 6) is -0.592. The molecule has 0 fully saturated rings. The number of allylic oxidation sites excluding steroid dienone is 3. The van der Waals surface area contributed by atoms with Crippen molar-refractivity contribution in [2.45, 2.75) is 45.1 Å². The summed E-state index contributed by atoms with van der Waals surface area (Å²) in [6.45, 7) is 1.92. The van der Waals surface area contributed by atoms with Crippen molar-refractivity contribution in [3.63, 3.8) is 0 Å². The highest BCUT2D eigenvalue weighted by atomic mass is 16.2. The van der Waals surface area contributed by atoms with E-state index in [1.807, 2.05) is 13.0 Å². The summed E-state index contributed by atoms with van der Waals surface area (Å²) in [6, 6.07) is -0.594. The highest BCUT2D eigenvalue weighted by Crippen LogP contribution is 2.15. The van der Waals surface area contributed by atoms with E-state index < -0.39 is 11.9 Å². The van der Waals surface area contributed by atoms with E-state index in [4.69, 9.17) is 5.73 Å². The summed E-state index contributed by atoms with van der Waals surface area (Å²) >= 11 is 0. The van der Waals surface area contributed by atoms with Crippen LogP contribution in [-0.4, -0.2) is 17.9 Å². The van der Waals surface area contributed by atoms with Crippen LogP contribution in [0.1, 0.15) is 39.0 Å². The van der Waals surface area contributed by atoms with Gasteiger partial charge in [-0.2, -0.15) is 0 Å². The van der Waals surface area contributed by atoms with Gasteiger partial charge in [0, 0.05) is 12.8 Å². The zero-order valence-electron chi connectivity index (χ0n) is 10.2. The molecule has 2 amide bonds. The van der Waals surface area contributed by atoms with Crippen molar-refractivity contribution >= 4 is 11.8 Å². The molecule has 0 aliphatic heterocycles. The van der Waals surface area contributed by atoms with Crippen LogP contribution < -0.4 is 11.1 Å². The number of hydrogen-bond acceptors (Lipinski definition) is 2. The Balaban J connectivity index is 2.54. The van der Waals surface area contributed by atoms with Crippen LogP contribution in [-0.2, 0) is 9.59 Å². The average molecular weight is 236 g/mol. The molecular weight excluding hydrogens is 216 g/mol. The van der Waals surface area contributed by atoms with Crippen molar-refractivity contribution in [1.29, 1.82) is 0 Å². The standard InChI is InChI=1S/C13H20N2O2/c1-2-6-12(16)15-11(13(14)17)9-10-7-4-3-5-8-10/h4,7-8,11H,2-3,5-6,9H2,1H3,(H2,14,17)(H,15,16). The summed E-state index contributed by atoms with van der Waals surface area (Å²) < 4.78 is 0. The SMILES string of the molecule is CCCC(=O)NC(CC1=CCCC=C1)C(N)=O. The first kappa shape index (κ1) is 13.5. The highest BCUT2D eigenvalue weighted by Gasteiger charge is 2.18. The zero-order chi connectivity index (χ0) is 12.7. The fraction of sp³-hybridized carbons (Fsp3) is 0.538. The molecule has 4 heteroatoms. The van der Waals surface area contributed by atoms with Gasteiger partial charge in [-0.3, -0.25) is 9.59 Å². The van der Waals surface area contributed by atoms with E-state index in [-0.39, 0.29) is 5.91 Å². The molecule has 0 aromatic rings. The summed E-state index contributed by atoms with van der Waals surface area (Å²) in [7, 11) is 0. The Morgan fingerprint density at radius 3 is 2.76 bits per heavy atom. The van der Waals surface area contributed by atoms with E-state index in [1.54, 1.807) is 0 Å². The molecule has 1 aliphatic rings. The van der Waals surface area contributed by atoms with Gasteiger partial charge in [0.25, 0.3) is 0 Å². The molecule has 1 unspecified atom stereocenters. The second-order valence-electron chi connectivity index (χ2n) is 4.24. The number of nitrogens with two attached hydrogens (primary N) is 1. The molecule has 3 N–H and O–H groups in total. The minimum absolute atomic E-state index is 0.114. The highest BCUT2D eigenvalue weighted by molar-refractivity contribution is 5.86. The molecule has 0 aromatic carbocycles. The molecular formula is C13H20N2O2. The third kappa shape index (κ3) is 4.85. The molecule has 94 valence electrons. The van der Waals surface area contributed by atoms with E-state index in [0.717, 1.165) is 24.8 Å². The second kappa shape index (κ2) is 6.89. The molecule has 0 spiro atoms. The van der Waals surface area contributed by atoms with Crippen molar-refractivity contribution in [1.82, 2.24) is 5.32 Å². The van der Waals surface area contributed by atoms with Gasteiger partial charge in [-0.25, -0.2) is 0 Å². The van der Waals surface area contributed by atoms with Crippen LogP contribution in [0.3, 0.4) is 0 Å². The average Bonchev–Trinajstić information content (AvgIpc) is 2.29. The fourth-order valence-electron chi connectivity index (χ4n) is 1.77. The lowest BCUT2D eigenvalue weighted by atomic mass is 9.99. The van der Waals surface area contributed by atoms with Crippen LogP contribution in [0, 0.1) is 0 Å². The van der Waals surface area contributed by atoms with Gasteiger partial charge in [-0.05, 0) is 24.8 Å². The molecule has 0 bridgehead atoms. The topological polar surface area (TPSA) is 72.2 Å². The lowest BCUT2D eigenvalue weighted by molar-refractivity contribution is -0.127. The van der Waals surface area contributed by atoms with E-state index in [2.05, 4.69) is 17.5 Å². The number of hydrogen-bond donors (Lipinski definition) is 2. The first-order valence-electron chi connectivity index (χ1n) is 6.07. The van der Waals surface area contributed by atoms with Crippen molar-refractivity contribution in [2.75, 3.05) is 0 Å². The Labute approximate surface area is 102 Å². The van der Waals surface area contributed by atoms with Crippen LogP contribution >= 0.6 is 0 Å². The molecule has 1 aliphatic carbocycles. The van der Waals surface area contributed by atoms with Crippen molar-refractivity contribution in [3.05, 3.63) is 23.8 Å². The maximum absolute atomic E-state index is 11.4. The first-order valence-corrected chi connectivity index (χ1v) is 6.07. The van der Waals surface area contributed by atoms with Gasteiger partial charge in [0.15, 0.2) is 0 Å². The number of carbonyl (C=O) groups is 2. The molecule has 1 rings (SSSR count). The van der Waals surface area contributed by atoms with Gasteiger partial charge in [0.2, 0.25) is 11.8 Å². The molecule has 0 aromatic heterocycles. The third-order valence-corrected chi connectivity index (χ3v) is 2.67. The van der Waals surface area contributed by atoms with E-state index in [1.165, 1.54) is 0 Å². The van der Waals surface area contributed by atoms with Gasteiger partial charge in [-0.1, -0.05) is 25.2 Å². The number of amides is 2. The Morgan fingerprint density at radius 2 is 2.24 bits per heavy atom.